The molecule has 5 heteroatoms. The van der Waals surface area contributed by atoms with E-state index in [1.807, 2.05) is 41.1 Å². The van der Waals surface area contributed by atoms with Crippen LogP contribution in [0.15, 0.2) is 54.9 Å². The molecule has 21 heavy (non-hydrogen) atoms. The second-order valence-corrected chi connectivity index (χ2v) is 4.73. The fourth-order valence-electron chi connectivity index (χ4n) is 2.21. The van der Waals surface area contributed by atoms with Crippen molar-refractivity contribution < 1.29 is 9.18 Å². The van der Waals surface area contributed by atoms with Crippen LogP contribution < -0.4 is 5.32 Å². The molecule has 0 fully saturated rings. The molecular formula is C16H14FN3O. The third-order valence-electron chi connectivity index (χ3n) is 3.25. The molecule has 1 aromatic carbocycles. The number of benzene rings is 1. The predicted octanol–water partition coefficient (Wildman–Crippen LogP) is 3.20. The number of fused-ring (bicyclic) bond motifs is 1. The third kappa shape index (κ3) is 3.08. The van der Waals surface area contributed by atoms with Crippen molar-refractivity contribution in [1.29, 1.82) is 0 Å². The molecule has 2 aromatic heterocycles. The summed E-state index contributed by atoms with van der Waals surface area (Å²) >= 11 is 0. The lowest BCUT2D eigenvalue weighted by Crippen LogP contribution is -2.15. The van der Waals surface area contributed by atoms with E-state index in [-0.39, 0.29) is 5.91 Å². The second kappa shape index (κ2) is 5.75. The standard InChI is InChI=1S/C16H14FN3O/c17-13-5-6-15(18-11-13)19-16(21)8-10-20-9-7-12-3-1-2-4-14(12)20/h1-7,9,11H,8,10H2,(H,18,19,21). The van der Waals surface area contributed by atoms with Crippen molar-refractivity contribution in [3.8, 4) is 0 Å². The smallest absolute Gasteiger partial charge is 0.227 e. The lowest BCUT2D eigenvalue weighted by Gasteiger charge is -2.06. The molecule has 0 saturated heterocycles. The van der Waals surface area contributed by atoms with Crippen molar-refractivity contribution in [1.82, 2.24) is 9.55 Å². The number of amides is 1. The van der Waals surface area contributed by atoms with Gasteiger partial charge in [-0.15, -0.1) is 0 Å². The molecular weight excluding hydrogens is 269 g/mol. The summed E-state index contributed by atoms with van der Waals surface area (Å²) in [6, 6.07) is 12.7. The molecule has 3 rings (SSSR count). The molecule has 0 spiro atoms. The van der Waals surface area contributed by atoms with E-state index in [0.29, 0.717) is 18.8 Å². The number of para-hydroxylation sites is 1. The van der Waals surface area contributed by atoms with Crippen LogP contribution in [0.2, 0.25) is 0 Å². The Balaban J connectivity index is 1.62. The lowest BCUT2D eigenvalue weighted by molar-refractivity contribution is -0.116. The van der Waals surface area contributed by atoms with Gasteiger partial charge in [0.1, 0.15) is 11.6 Å². The number of halogens is 1. The molecule has 0 aliphatic heterocycles. The van der Waals surface area contributed by atoms with Crippen LogP contribution in [-0.2, 0) is 11.3 Å². The number of carbonyl (C=O) groups excluding carboxylic acids is 1. The molecule has 0 aliphatic carbocycles. The maximum Gasteiger partial charge on any atom is 0.227 e. The van der Waals surface area contributed by atoms with Crippen molar-refractivity contribution in [2.45, 2.75) is 13.0 Å². The van der Waals surface area contributed by atoms with Crippen LogP contribution in [0.3, 0.4) is 0 Å². The number of nitrogens with zero attached hydrogens (tertiary/aromatic N) is 2. The molecule has 0 aliphatic rings. The van der Waals surface area contributed by atoms with Crippen LogP contribution in [-0.4, -0.2) is 15.5 Å². The Morgan fingerprint density at radius 2 is 2.05 bits per heavy atom. The number of rotatable bonds is 4. The predicted molar refractivity (Wildman–Crippen MR) is 79.4 cm³/mol. The lowest BCUT2D eigenvalue weighted by atomic mass is 10.2. The molecule has 1 N–H and O–H groups in total. The zero-order valence-electron chi connectivity index (χ0n) is 11.3. The molecule has 1 amide bonds. The summed E-state index contributed by atoms with van der Waals surface area (Å²) in [5.74, 6) is -0.211. The average molecular weight is 283 g/mol. The topological polar surface area (TPSA) is 46.9 Å². The summed E-state index contributed by atoms with van der Waals surface area (Å²) in [5.41, 5.74) is 1.10. The molecule has 0 radical (unpaired) electrons. The third-order valence-corrected chi connectivity index (χ3v) is 3.25. The van der Waals surface area contributed by atoms with Gasteiger partial charge >= 0.3 is 0 Å². The second-order valence-electron chi connectivity index (χ2n) is 4.73. The fourth-order valence-corrected chi connectivity index (χ4v) is 2.21. The number of anilines is 1. The quantitative estimate of drug-likeness (QED) is 0.799. The normalized spacial score (nSPS) is 10.7. The van der Waals surface area contributed by atoms with Crippen molar-refractivity contribution in [3.63, 3.8) is 0 Å². The highest BCUT2D eigenvalue weighted by atomic mass is 19.1. The zero-order chi connectivity index (χ0) is 14.7. The fraction of sp³-hybridized carbons (Fsp3) is 0.125. The highest BCUT2D eigenvalue weighted by Gasteiger charge is 2.05. The molecule has 0 unspecified atom stereocenters. The molecule has 4 nitrogen and oxygen atoms in total. The first-order valence-corrected chi connectivity index (χ1v) is 6.68. The van der Waals surface area contributed by atoms with E-state index < -0.39 is 5.82 Å². The number of pyridine rings is 1. The van der Waals surface area contributed by atoms with Gasteiger partial charge in [0.05, 0.1) is 6.20 Å². The van der Waals surface area contributed by atoms with Gasteiger partial charge in [0.15, 0.2) is 0 Å². The Labute approximate surface area is 121 Å². The first-order chi connectivity index (χ1) is 10.2. The number of nitrogens with one attached hydrogen (secondary N) is 1. The van der Waals surface area contributed by atoms with E-state index >= 15 is 0 Å². The Hall–Kier alpha value is -2.69. The minimum Gasteiger partial charge on any atom is -0.347 e. The number of aromatic nitrogens is 2. The number of hydrogen-bond acceptors (Lipinski definition) is 2. The van der Waals surface area contributed by atoms with Crippen LogP contribution in [0.25, 0.3) is 10.9 Å². The Morgan fingerprint density at radius 3 is 2.86 bits per heavy atom. The van der Waals surface area contributed by atoms with E-state index in [0.717, 1.165) is 17.1 Å². The van der Waals surface area contributed by atoms with Crippen LogP contribution in [0.1, 0.15) is 6.42 Å². The van der Waals surface area contributed by atoms with Gasteiger partial charge in [0.25, 0.3) is 0 Å². The van der Waals surface area contributed by atoms with Gasteiger partial charge in [0.2, 0.25) is 5.91 Å². The Morgan fingerprint density at radius 1 is 1.19 bits per heavy atom. The summed E-state index contributed by atoms with van der Waals surface area (Å²) in [6.45, 7) is 0.584. The van der Waals surface area contributed by atoms with Crippen molar-refractivity contribution in [2.75, 3.05) is 5.32 Å². The van der Waals surface area contributed by atoms with Crippen LogP contribution in [0.4, 0.5) is 10.2 Å². The highest BCUT2D eigenvalue weighted by molar-refractivity contribution is 5.89. The molecule has 106 valence electrons. The van der Waals surface area contributed by atoms with E-state index in [1.165, 1.54) is 12.1 Å². The van der Waals surface area contributed by atoms with Crippen LogP contribution >= 0.6 is 0 Å². The molecule has 0 atom stereocenters. The Kier molecular flexibility index (Phi) is 3.64. The van der Waals surface area contributed by atoms with E-state index in [9.17, 15) is 9.18 Å². The largest absolute Gasteiger partial charge is 0.347 e. The van der Waals surface area contributed by atoms with Gasteiger partial charge < -0.3 is 9.88 Å². The van der Waals surface area contributed by atoms with Crippen molar-refractivity contribution in [3.05, 3.63) is 60.7 Å². The highest BCUT2D eigenvalue weighted by Crippen LogP contribution is 2.15. The molecule has 0 saturated carbocycles. The minimum absolute atomic E-state index is 0.146. The summed E-state index contributed by atoms with van der Waals surface area (Å²) in [7, 11) is 0. The van der Waals surface area contributed by atoms with Gasteiger partial charge in [-0.2, -0.15) is 0 Å². The summed E-state index contributed by atoms with van der Waals surface area (Å²) < 4.78 is 14.8. The Bertz CT molecular complexity index is 765. The van der Waals surface area contributed by atoms with E-state index in [4.69, 9.17) is 0 Å². The maximum absolute atomic E-state index is 12.7. The van der Waals surface area contributed by atoms with Gasteiger partial charge in [-0.3, -0.25) is 4.79 Å². The zero-order valence-corrected chi connectivity index (χ0v) is 11.3. The molecule has 2 heterocycles. The maximum atomic E-state index is 12.7. The van der Waals surface area contributed by atoms with E-state index in [2.05, 4.69) is 10.3 Å². The monoisotopic (exact) mass is 283 g/mol. The van der Waals surface area contributed by atoms with Gasteiger partial charge in [-0.05, 0) is 29.7 Å². The summed E-state index contributed by atoms with van der Waals surface area (Å²) in [4.78, 5) is 15.7. The SMILES string of the molecule is O=C(CCn1ccc2ccccc21)Nc1ccc(F)cn1. The summed E-state index contributed by atoms with van der Waals surface area (Å²) in [5, 5.41) is 3.80. The van der Waals surface area contributed by atoms with Gasteiger partial charge in [-0.1, -0.05) is 18.2 Å². The van der Waals surface area contributed by atoms with Crippen LogP contribution in [0.5, 0.6) is 0 Å². The van der Waals surface area contributed by atoms with E-state index in [1.54, 1.807) is 0 Å². The number of carbonyl (C=O) groups is 1. The molecule has 0 bridgehead atoms. The van der Waals surface area contributed by atoms with Crippen molar-refractivity contribution >= 4 is 22.6 Å². The van der Waals surface area contributed by atoms with Crippen molar-refractivity contribution in [2.24, 2.45) is 0 Å². The van der Waals surface area contributed by atoms with Gasteiger partial charge in [0, 0.05) is 24.7 Å². The number of aryl methyl sites for hydroxylation is 1. The van der Waals surface area contributed by atoms with Gasteiger partial charge in [-0.25, -0.2) is 9.37 Å². The minimum atomic E-state index is -0.424. The average Bonchev–Trinajstić information content (AvgIpc) is 2.91. The molecule has 3 aromatic rings. The first-order valence-electron chi connectivity index (χ1n) is 6.68. The van der Waals surface area contributed by atoms with Crippen LogP contribution in [0, 0.1) is 5.82 Å². The first kappa shape index (κ1) is 13.3. The number of hydrogen-bond donors (Lipinski definition) is 1. The summed E-state index contributed by atoms with van der Waals surface area (Å²) in [6.07, 6.45) is 3.38.